The van der Waals surface area contributed by atoms with Crippen LogP contribution in [-0.4, -0.2) is 50.6 Å². The Morgan fingerprint density at radius 1 is 1.25 bits per heavy atom. The lowest BCUT2D eigenvalue weighted by molar-refractivity contribution is -0.138. The van der Waals surface area contributed by atoms with Gasteiger partial charge in [-0.25, -0.2) is 0 Å². The van der Waals surface area contributed by atoms with Crippen molar-refractivity contribution in [1.29, 1.82) is 0 Å². The molecule has 0 saturated carbocycles. The van der Waals surface area contributed by atoms with E-state index in [4.69, 9.17) is 9.15 Å². The molecule has 0 aliphatic heterocycles. The van der Waals surface area contributed by atoms with Crippen molar-refractivity contribution in [3.05, 3.63) is 47.9 Å². The van der Waals surface area contributed by atoms with E-state index in [9.17, 15) is 9.59 Å². The molecule has 0 bridgehead atoms. The monoisotopic (exact) mass is 387 g/mol. The highest BCUT2D eigenvalue weighted by atomic mass is 16.5. The van der Waals surface area contributed by atoms with Crippen molar-refractivity contribution < 1.29 is 18.7 Å². The van der Waals surface area contributed by atoms with Gasteiger partial charge in [-0.1, -0.05) is 6.92 Å². The summed E-state index contributed by atoms with van der Waals surface area (Å²) in [5.74, 6) is -0.135. The molecule has 0 spiro atoms. The number of hydrogen-bond donors (Lipinski definition) is 1. The molecule has 7 heteroatoms. The van der Waals surface area contributed by atoms with E-state index in [-0.39, 0.29) is 30.2 Å². The van der Waals surface area contributed by atoms with Gasteiger partial charge in [-0.2, -0.15) is 0 Å². The van der Waals surface area contributed by atoms with Crippen molar-refractivity contribution in [3.8, 4) is 0 Å². The molecule has 2 rings (SSSR count). The number of benzene rings is 1. The molecule has 2 aromatic rings. The average molecular weight is 387 g/mol. The molecule has 28 heavy (non-hydrogen) atoms. The molecule has 7 nitrogen and oxygen atoms in total. The number of anilines is 2. The van der Waals surface area contributed by atoms with E-state index < -0.39 is 0 Å². The average Bonchev–Trinajstić information content (AvgIpc) is 3.20. The van der Waals surface area contributed by atoms with Crippen molar-refractivity contribution in [1.82, 2.24) is 4.90 Å². The molecule has 1 aromatic carbocycles. The molecular formula is C21H29N3O4. The zero-order valence-corrected chi connectivity index (χ0v) is 17.2. The molecule has 0 radical (unpaired) electrons. The van der Waals surface area contributed by atoms with Gasteiger partial charge < -0.3 is 24.3 Å². The van der Waals surface area contributed by atoms with Crippen molar-refractivity contribution in [2.24, 2.45) is 0 Å². The Morgan fingerprint density at radius 3 is 2.57 bits per heavy atom. The third kappa shape index (κ3) is 5.36. The molecule has 1 unspecified atom stereocenters. The summed E-state index contributed by atoms with van der Waals surface area (Å²) >= 11 is 0. The zero-order valence-electron chi connectivity index (χ0n) is 17.2. The maximum Gasteiger partial charge on any atom is 0.291 e. The first kappa shape index (κ1) is 21.5. The molecule has 0 saturated heterocycles. The molecule has 0 aliphatic rings. The van der Waals surface area contributed by atoms with Gasteiger partial charge in [0.05, 0.1) is 6.26 Å². The second-order valence-electron chi connectivity index (χ2n) is 6.88. The normalized spacial score (nSPS) is 11.8. The number of methoxy groups -OCH3 is 1. The van der Waals surface area contributed by atoms with E-state index in [0.717, 1.165) is 17.7 Å². The van der Waals surface area contributed by atoms with Gasteiger partial charge in [0.25, 0.3) is 5.91 Å². The van der Waals surface area contributed by atoms with Crippen LogP contribution in [0.5, 0.6) is 0 Å². The number of amides is 2. The number of nitrogens with zero attached hydrogens (tertiary/aromatic N) is 2. The fraction of sp³-hybridized carbons (Fsp3) is 0.429. The first-order valence-electron chi connectivity index (χ1n) is 9.30. The summed E-state index contributed by atoms with van der Waals surface area (Å²) in [6.07, 6.45) is 2.29. The van der Waals surface area contributed by atoms with E-state index in [0.29, 0.717) is 12.2 Å². The van der Waals surface area contributed by atoms with Crippen molar-refractivity contribution in [3.63, 3.8) is 0 Å². The van der Waals surface area contributed by atoms with Crippen LogP contribution in [0.1, 0.15) is 36.4 Å². The van der Waals surface area contributed by atoms with Gasteiger partial charge in [0.1, 0.15) is 6.61 Å². The fourth-order valence-corrected chi connectivity index (χ4v) is 2.93. The van der Waals surface area contributed by atoms with E-state index in [1.54, 1.807) is 12.1 Å². The number of hydrogen-bond acceptors (Lipinski definition) is 5. The molecular weight excluding hydrogens is 358 g/mol. The molecule has 0 fully saturated rings. The third-order valence-corrected chi connectivity index (χ3v) is 4.62. The SMILES string of the molecule is CCC(C)N(Cc1cc(NC(=O)c2ccco2)ccc1N(C)C)C(=O)COC. The Kier molecular flexibility index (Phi) is 7.63. The number of carbonyl (C=O) groups excluding carboxylic acids is 2. The predicted molar refractivity (Wildman–Crippen MR) is 110 cm³/mol. The minimum absolute atomic E-state index is 0.0383. The van der Waals surface area contributed by atoms with E-state index in [1.165, 1.54) is 13.4 Å². The van der Waals surface area contributed by atoms with Crippen LogP contribution in [0.15, 0.2) is 41.0 Å². The first-order chi connectivity index (χ1) is 13.4. The van der Waals surface area contributed by atoms with Crippen molar-refractivity contribution >= 4 is 23.2 Å². The Labute approximate surface area is 166 Å². The van der Waals surface area contributed by atoms with Gasteiger partial charge in [0.15, 0.2) is 5.76 Å². The van der Waals surface area contributed by atoms with Crippen LogP contribution in [0.2, 0.25) is 0 Å². The van der Waals surface area contributed by atoms with E-state index in [1.807, 2.05) is 55.9 Å². The van der Waals surface area contributed by atoms with Crippen LogP contribution in [-0.2, 0) is 16.1 Å². The zero-order chi connectivity index (χ0) is 20.7. The molecule has 152 valence electrons. The van der Waals surface area contributed by atoms with E-state index >= 15 is 0 Å². The number of carbonyl (C=O) groups is 2. The lowest BCUT2D eigenvalue weighted by Gasteiger charge is -2.30. The van der Waals surface area contributed by atoms with Crippen LogP contribution in [0.4, 0.5) is 11.4 Å². The highest BCUT2D eigenvalue weighted by Crippen LogP contribution is 2.26. The van der Waals surface area contributed by atoms with Crippen LogP contribution in [0.3, 0.4) is 0 Å². The number of ether oxygens (including phenoxy) is 1. The maximum atomic E-state index is 12.6. The second-order valence-corrected chi connectivity index (χ2v) is 6.88. The van der Waals surface area contributed by atoms with E-state index in [2.05, 4.69) is 5.32 Å². The number of nitrogens with one attached hydrogen (secondary N) is 1. The summed E-state index contributed by atoms with van der Waals surface area (Å²) < 4.78 is 10.2. The topological polar surface area (TPSA) is 75.0 Å². The minimum atomic E-state index is -0.317. The summed E-state index contributed by atoms with van der Waals surface area (Å²) in [4.78, 5) is 28.6. The third-order valence-electron chi connectivity index (χ3n) is 4.62. The summed E-state index contributed by atoms with van der Waals surface area (Å²) in [7, 11) is 5.41. The smallest absolute Gasteiger partial charge is 0.291 e. The first-order valence-corrected chi connectivity index (χ1v) is 9.30. The second kappa shape index (κ2) is 9.94. The standard InChI is InChI=1S/C21H29N3O4/c1-6-15(2)24(20(25)14-27-5)13-16-12-17(9-10-18(16)23(3)4)22-21(26)19-8-7-11-28-19/h7-12,15H,6,13-14H2,1-5H3,(H,22,26). The largest absolute Gasteiger partial charge is 0.459 e. The molecule has 2 amide bonds. The van der Waals surface area contributed by atoms with Crippen LogP contribution >= 0.6 is 0 Å². The van der Waals surface area contributed by atoms with Gasteiger partial charge in [0.2, 0.25) is 5.91 Å². The molecule has 1 atom stereocenters. The van der Waals surface area contributed by atoms with Gasteiger partial charge in [-0.3, -0.25) is 9.59 Å². The Bertz CT molecular complexity index is 787. The highest BCUT2D eigenvalue weighted by Gasteiger charge is 2.21. The van der Waals surface area contributed by atoms with Gasteiger partial charge in [-0.15, -0.1) is 0 Å². The molecule has 1 heterocycles. The summed E-state index contributed by atoms with van der Waals surface area (Å²) in [6, 6.07) is 9.01. The van der Waals surface area contributed by atoms with Gasteiger partial charge in [-0.05, 0) is 49.2 Å². The van der Waals surface area contributed by atoms with Crippen LogP contribution in [0.25, 0.3) is 0 Å². The number of rotatable bonds is 9. The Morgan fingerprint density at radius 2 is 2.00 bits per heavy atom. The lowest BCUT2D eigenvalue weighted by atomic mass is 10.1. The molecule has 1 N–H and O–H groups in total. The minimum Gasteiger partial charge on any atom is -0.459 e. The quantitative estimate of drug-likeness (QED) is 0.714. The summed E-state index contributed by atoms with van der Waals surface area (Å²) in [6.45, 7) is 4.53. The summed E-state index contributed by atoms with van der Waals surface area (Å²) in [5, 5.41) is 2.84. The Hall–Kier alpha value is -2.80. The molecule has 1 aromatic heterocycles. The van der Waals surface area contributed by atoms with Crippen molar-refractivity contribution in [2.75, 3.05) is 38.0 Å². The lowest BCUT2D eigenvalue weighted by Crippen LogP contribution is -2.40. The highest BCUT2D eigenvalue weighted by molar-refractivity contribution is 6.02. The van der Waals surface area contributed by atoms with Crippen molar-refractivity contribution in [2.45, 2.75) is 32.9 Å². The predicted octanol–water partition coefficient (Wildman–Crippen LogP) is 3.37. The molecule has 0 aliphatic carbocycles. The van der Waals surface area contributed by atoms with Gasteiger partial charge in [0, 0.05) is 45.2 Å². The fourth-order valence-electron chi connectivity index (χ4n) is 2.93. The van der Waals surface area contributed by atoms with Crippen LogP contribution in [0, 0.1) is 0 Å². The van der Waals surface area contributed by atoms with Gasteiger partial charge >= 0.3 is 0 Å². The summed E-state index contributed by atoms with van der Waals surface area (Å²) in [5.41, 5.74) is 2.56. The van der Waals surface area contributed by atoms with Crippen LogP contribution < -0.4 is 10.2 Å². The Balaban J connectivity index is 2.31. The maximum absolute atomic E-state index is 12.6. The number of furan rings is 1.